The fourth-order valence-corrected chi connectivity index (χ4v) is 4.10. The number of anilines is 1. The van der Waals surface area contributed by atoms with Gasteiger partial charge in [0.2, 0.25) is 0 Å². The van der Waals surface area contributed by atoms with Crippen LogP contribution in [-0.4, -0.2) is 39.5 Å². The van der Waals surface area contributed by atoms with Gasteiger partial charge in [0.05, 0.1) is 45.1 Å². The van der Waals surface area contributed by atoms with Crippen LogP contribution in [0.25, 0.3) is 0 Å². The third-order valence-corrected chi connectivity index (χ3v) is 5.69. The Kier molecular flexibility index (Phi) is 7.10. The Hall–Kier alpha value is -3.04. The number of allylic oxidation sites excluding steroid dienone is 1. The van der Waals surface area contributed by atoms with Crippen LogP contribution < -0.4 is 24.4 Å². The zero-order chi connectivity index (χ0) is 23.6. The van der Waals surface area contributed by atoms with Crippen LogP contribution in [0.15, 0.2) is 41.6 Å². The number of hydrogen-bond acceptors (Lipinski definition) is 6. The van der Waals surface area contributed by atoms with E-state index in [9.17, 15) is 9.18 Å². The molecule has 7 nitrogen and oxygen atoms in total. The average molecular weight is 481 g/mol. The normalized spacial score (nSPS) is 15.9. The molecular weight excluding hydrogens is 459 g/mol. The standard InChI is InChI=1S/C22H22ClFN2O5S/c1-11-19(21(27)31-5)20(13-9-17(29-3)18(30-4)10-16(13)28-2)25-22(32)26(11)12-6-7-15(24)14(23)8-12/h6-10,20H,1-5H3,(H,25,32). The summed E-state index contributed by atoms with van der Waals surface area (Å²) in [7, 11) is 5.82. The van der Waals surface area contributed by atoms with E-state index >= 15 is 0 Å². The molecule has 0 spiro atoms. The van der Waals surface area contributed by atoms with Gasteiger partial charge in [-0.1, -0.05) is 11.6 Å². The lowest BCUT2D eigenvalue weighted by Crippen LogP contribution is -2.48. The number of thiocarbonyl (C=S) groups is 1. The highest BCUT2D eigenvalue weighted by Gasteiger charge is 2.37. The summed E-state index contributed by atoms with van der Waals surface area (Å²) in [6.45, 7) is 1.72. The molecule has 170 valence electrons. The smallest absolute Gasteiger partial charge is 0.337 e. The molecule has 1 atom stereocenters. The highest BCUT2D eigenvalue weighted by atomic mass is 35.5. The Morgan fingerprint density at radius 2 is 1.69 bits per heavy atom. The van der Waals surface area contributed by atoms with Crippen LogP contribution in [0.2, 0.25) is 5.02 Å². The summed E-state index contributed by atoms with van der Waals surface area (Å²) < 4.78 is 35.1. The van der Waals surface area contributed by atoms with Crippen molar-refractivity contribution in [2.75, 3.05) is 33.3 Å². The van der Waals surface area contributed by atoms with E-state index in [1.165, 1.54) is 46.6 Å². The van der Waals surface area contributed by atoms with Gasteiger partial charge >= 0.3 is 5.97 Å². The SMILES string of the molecule is COC(=O)C1=C(C)N(c2ccc(F)c(Cl)c2)C(=S)NC1c1cc(OC)c(OC)cc1OC. The Bertz CT molecular complexity index is 1110. The van der Waals surface area contributed by atoms with Crippen molar-refractivity contribution < 1.29 is 28.1 Å². The first-order valence-corrected chi connectivity index (χ1v) is 10.2. The first-order chi connectivity index (χ1) is 15.3. The minimum Gasteiger partial charge on any atom is -0.496 e. The Morgan fingerprint density at radius 1 is 1.06 bits per heavy atom. The molecule has 0 fully saturated rings. The van der Waals surface area contributed by atoms with E-state index in [2.05, 4.69) is 5.32 Å². The second-order valence-electron chi connectivity index (χ2n) is 6.76. The summed E-state index contributed by atoms with van der Waals surface area (Å²) in [4.78, 5) is 14.5. The maximum Gasteiger partial charge on any atom is 0.337 e. The first-order valence-electron chi connectivity index (χ1n) is 9.42. The molecule has 0 bridgehead atoms. The molecule has 0 aliphatic carbocycles. The zero-order valence-electron chi connectivity index (χ0n) is 18.1. The van der Waals surface area contributed by atoms with Crippen molar-refractivity contribution in [2.45, 2.75) is 13.0 Å². The van der Waals surface area contributed by atoms with Crippen molar-refractivity contribution in [1.29, 1.82) is 0 Å². The third-order valence-electron chi connectivity index (χ3n) is 5.10. The van der Waals surface area contributed by atoms with Gasteiger partial charge < -0.3 is 24.3 Å². The highest BCUT2D eigenvalue weighted by Crippen LogP contribution is 2.42. The number of methoxy groups -OCH3 is 4. The number of carbonyl (C=O) groups excluding carboxylic acids is 1. The average Bonchev–Trinajstić information content (AvgIpc) is 2.79. The van der Waals surface area contributed by atoms with Crippen LogP contribution >= 0.6 is 23.8 Å². The van der Waals surface area contributed by atoms with E-state index in [0.717, 1.165) is 0 Å². The van der Waals surface area contributed by atoms with Crippen molar-refractivity contribution in [3.8, 4) is 17.2 Å². The molecule has 0 saturated carbocycles. The van der Waals surface area contributed by atoms with Crippen molar-refractivity contribution in [2.24, 2.45) is 0 Å². The van der Waals surface area contributed by atoms with Crippen LogP contribution in [0.5, 0.6) is 17.2 Å². The van der Waals surface area contributed by atoms with Gasteiger partial charge in [-0.25, -0.2) is 9.18 Å². The number of esters is 1. The lowest BCUT2D eigenvalue weighted by molar-refractivity contribution is -0.136. The molecule has 2 aromatic carbocycles. The molecule has 0 saturated heterocycles. The minimum atomic E-state index is -0.711. The van der Waals surface area contributed by atoms with E-state index in [-0.39, 0.29) is 15.7 Å². The molecule has 0 amide bonds. The Labute approximate surface area is 195 Å². The summed E-state index contributed by atoms with van der Waals surface area (Å²) in [6, 6.07) is 6.84. The van der Waals surface area contributed by atoms with Gasteiger partial charge in [0.25, 0.3) is 0 Å². The summed E-state index contributed by atoms with van der Waals surface area (Å²) in [5.41, 5.74) is 1.85. The van der Waals surface area contributed by atoms with Crippen LogP contribution in [-0.2, 0) is 9.53 Å². The van der Waals surface area contributed by atoms with Gasteiger partial charge in [-0.15, -0.1) is 0 Å². The Balaban J connectivity index is 2.22. The van der Waals surface area contributed by atoms with Gasteiger partial charge in [0.15, 0.2) is 16.6 Å². The number of halogens is 2. The van der Waals surface area contributed by atoms with E-state index in [1.807, 2.05) is 0 Å². The summed E-state index contributed by atoms with van der Waals surface area (Å²) in [5.74, 6) is 0.238. The van der Waals surface area contributed by atoms with E-state index in [4.69, 9.17) is 42.8 Å². The predicted octanol–water partition coefficient (Wildman–Crippen LogP) is 4.39. The number of nitrogens with zero attached hydrogens (tertiary/aromatic N) is 1. The monoisotopic (exact) mass is 480 g/mol. The molecule has 0 radical (unpaired) electrons. The predicted molar refractivity (Wildman–Crippen MR) is 123 cm³/mol. The maximum absolute atomic E-state index is 13.7. The summed E-state index contributed by atoms with van der Waals surface area (Å²) in [5, 5.41) is 3.37. The van der Waals surface area contributed by atoms with Crippen LogP contribution in [0.1, 0.15) is 18.5 Å². The molecule has 2 aromatic rings. The molecule has 1 aliphatic rings. The zero-order valence-corrected chi connectivity index (χ0v) is 19.7. The molecule has 0 aromatic heterocycles. The van der Waals surface area contributed by atoms with Gasteiger partial charge in [0, 0.05) is 23.0 Å². The maximum atomic E-state index is 13.7. The number of nitrogens with one attached hydrogen (secondary N) is 1. The summed E-state index contributed by atoms with van der Waals surface area (Å²) >= 11 is 11.6. The van der Waals surface area contributed by atoms with Crippen molar-refractivity contribution >= 4 is 40.6 Å². The lowest BCUT2D eigenvalue weighted by Gasteiger charge is -2.38. The van der Waals surface area contributed by atoms with Crippen molar-refractivity contribution in [1.82, 2.24) is 5.32 Å². The van der Waals surface area contributed by atoms with Crippen LogP contribution in [0.3, 0.4) is 0 Å². The number of rotatable bonds is 6. The topological polar surface area (TPSA) is 69.3 Å². The molecule has 1 heterocycles. The molecule has 32 heavy (non-hydrogen) atoms. The number of benzene rings is 2. The lowest BCUT2D eigenvalue weighted by atomic mass is 9.93. The molecule has 1 aliphatic heterocycles. The van der Waals surface area contributed by atoms with Gasteiger partial charge in [-0.3, -0.25) is 4.90 Å². The molecule has 10 heteroatoms. The minimum absolute atomic E-state index is 0.0681. The van der Waals surface area contributed by atoms with Crippen LogP contribution in [0.4, 0.5) is 10.1 Å². The quantitative estimate of drug-likeness (QED) is 0.482. The van der Waals surface area contributed by atoms with Gasteiger partial charge in [0.1, 0.15) is 11.6 Å². The van der Waals surface area contributed by atoms with Crippen LogP contribution in [0, 0.1) is 5.82 Å². The molecule has 1 N–H and O–H groups in total. The Morgan fingerprint density at radius 3 is 2.25 bits per heavy atom. The third kappa shape index (κ3) is 4.18. The molecular formula is C22H22ClFN2O5S. The van der Waals surface area contributed by atoms with Gasteiger partial charge in [-0.05, 0) is 43.4 Å². The van der Waals surface area contributed by atoms with E-state index in [1.54, 1.807) is 24.0 Å². The summed E-state index contributed by atoms with van der Waals surface area (Å²) in [6.07, 6.45) is 0. The number of hydrogen-bond donors (Lipinski definition) is 1. The second kappa shape index (κ2) is 9.62. The number of carbonyl (C=O) groups is 1. The largest absolute Gasteiger partial charge is 0.496 e. The van der Waals surface area contributed by atoms with Crippen molar-refractivity contribution in [3.63, 3.8) is 0 Å². The van der Waals surface area contributed by atoms with Gasteiger partial charge in [-0.2, -0.15) is 0 Å². The highest BCUT2D eigenvalue weighted by molar-refractivity contribution is 7.80. The second-order valence-corrected chi connectivity index (χ2v) is 7.55. The fraction of sp³-hybridized carbons (Fsp3) is 0.273. The fourth-order valence-electron chi connectivity index (χ4n) is 3.56. The van der Waals surface area contributed by atoms with Crippen molar-refractivity contribution in [3.05, 3.63) is 58.0 Å². The van der Waals surface area contributed by atoms with E-state index in [0.29, 0.717) is 34.2 Å². The first kappa shape index (κ1) is 23.6. The van der Waals surface area contributed by atoms with E-state index < -0.39 is 17.8 Å². The number of ether oxygens (including phenoxy) is 4. The molecule has 3 rings (SSSR count). The molecule has 1 unspecified atom stereocenters.